The van der Waals surface area contributed by atoms with Crippen LogP contribution in [0, 0.1) is 0 Å². The number of nitrogens with zero attached hydrogens (tertiary/aromatic N) is 4. The topological polar surface area (TPSA) is 99.7 Å². The van der Waals surface area contributed by atoms with Gasteiger partial charge in [0.05, 0.1) is 32.5 Å². The molecule has 0 heterocycles. The summed E-state index contributed by atoms with van der Waals surface area (Å²) in [6.45, 7) is 16.8. The Hall–Kier alpha value is -8.59. The van der Waals surface area contributed by atoms with Gasteiger partial charge in [-0.05, 0) is 94.3 Å². The Bertz CT molecular complexity index is 3590. The highest BCUT2D eigenvalue weighted by Crippen LogP contribution is 2.61. The number of anilines is 4. The van der Waals surface area contributed by atoms with Crippen molar-refractivity contribution in [2.75, 3.05) is 44.9 Å². The molecular weight excluding hydrogens is 1010 g/mol. The van der Waals surface area contributed by atoms with Crippen LogP contribution in [0.1, 0.15) is 0 Å². The predicted molar refractivity (Wildman–Crippen MR) is 321 cm³/mol. The molecule has 0 amide bonds. The van der Waals surface area contributed by atoms with Gasteiger partial charge in [0.25, 0.3) is 0 Å². The molecule has 13 heteroatoms. The van der Waals surface area contributed by atoms with Gasteiger partial charge in [0, 0.05) is 47.7 Å². The van der Waals surface area contributed by atoms with E-state index >= 15 is 9.13 Å². The van der Waals surface area contributed by atoms with Gasteiger partial charge in [-0.2, -0.15) is 0 Å². The molecule has 0 radical (unpaired) electrons. The summed E-state index contributed by atoms with van der Waals surface area (Å²) in [5.74, 6) is 0.335. The molecular formula is C64H56N4O6P2S. The van der Waals surface area contributed by atoms with Crippen molar-refractivity contribution in [1.82, 2.24) is 0 Å². The number of sulfone groups is 1. The maximum absolute atomic E-state index is 16.5. The second kappa shape index (κ2) is 22.3. The number of hydrogen-bond acceptors (Lipinski definition) is 6. The van der Waals surface area contributed by atoms with E-state index in [0.717, 1.165) is 43.1 Å². The molecule has 0 spiro atoms. The van der Waals surface area contributed by atoms with Crippen molar-refractivity contribution in [1.29, 1.82) is 0 Å². The summed E-state index contributed by atoms with van der Waals surface area (Å²) in [6.07, 6.45) is 6.73. The van der Waals surface area contributed by atoms with Crippen LogP contribution in [0.15, 0.2) is 279 Å². The highest BCUT2D eigenvalue weighted by atomic mass is 32.2. The van der Waals surface area contributed by atoms with Crippen LogP contribution in [0.5, 0.6) is 11.5 Å². The maximum atomic E-state index is 16.5. The fourth-order valence-electron chi connectivity index (χ4n) is 9.80. The van der Waals surface area contributed by atoms with Crippen LogP contribution < -0.4 is 27.7 Å². The molecule has 10 aromatic rings. The molecule has 77 heavy (non-hydrogen) atoms. The largest absolute Gasteiger partial charge is 0.450 e. The average molecular weight is 1070 g/mol. The van der Waals surface area contributed by atoms with Crippen LogP contribution in [-0.4, -0.2) is 34.6 Å². The summed E-state index contributed by atoms with van der Waals surface area (Å²) in [6, 6.07) is 66.6. The summed E-state index contributed by atoms with van der Waals surface area (Å²) >= 11 is 0. The summed E-state index contributed by atoms with van der Waals surface area (Å²) < 4.78 is 82.7. The third-order valence-corrected chi connectivity index (χ3v) is 20.0. The Morgan fingerprint density at radius 2 is 0.571 bits per heavy atom. The van der Waals surface area contributed by atoms with Gasteiger partial charge in [-0.15, -0.1) is 26.3 Å². The summed E-state index contributed by atoms with van der Waals surface area (Å²) in [5, 5.41) is 7.21. The first kappa shape index (κ1) is 51.9. The Labute approximate surface area is 450 Å². The van der Waals surface area contributed by atoms with E-state index in [1.165, 1.54) is 48.5 Å². The molecule has 10 aromatic carbocycles. The number of benzene rings is 10. The monoisotopic (exact) mass is 1070 g/mol. The maximum Gasteiger partial charge on any atom is 0.450 e. The zero-order valence-corrected chi connectivity index (χ0v) is 44.9. The van der Waals surface area contributed by atoms with Crippen molar-refractivity contribution in [3.05, 3.63) is 269 Å². The van der Waals surface area contributed by atoms with E-state index in [1.807, 2.05) is 170 Å². The summed E-state index contributed by atoms with van der Waals surface area (Å²) in [4.78, 5) is -0.0662. The summed E-state index contributed by atoms with van der Waals surface area (Å²) in [7, 11) is -12.7. The SMILES string of the molecule is C=CCN(c1cccc2ccccc12)P(=O)(Oc1ccc(S(=O)(=O)c2ccc(OP(=O)(N(CC=C)c3cccc4ccccc34)N(CC=C)c3cccc4ccccc34)cc2)cc1)N(CC=C)c1cccc2ccccc12. The quantitative estimate of drug-likeness (QED) is 0.0482. The fourth-order valence-corrected chi connectivity index (χ4v) is 15.8. The lowest BCUT2D eigenvalue weighted by atomic mass is 10.1. The minimum atomic E-state index is -4.25. The molecule has 0 N–H and O–H groups in total. The summed E-state index contributed by atoms with van der Waals surface area (Å²) in [5.41, 5.74) is 2.64. The molecule has 0 saturated carbocycles. The number of fused-ring (bicyclic) bond motifs is 4. The van der Waals surface area contributed by atoms with Gasteiger partial charge in [0.2, 0.25) is 9.84 Å². The van der Waals surface area contributed by atoms with Gasteiger partial charge in [0.15, 0.2) is 0 Å². The third-order valence-electron chi connectivity index (χ3n) is 13.3. The van der Waals surface area contributed by atoms with Crippen LogP contribution in [0.3, 0.4) is 0 Å². The molecule has 10 rings (SSSR count). The number of rotatable bonds is 22. The molecule has 0 aliphatic heterocycles. The van der Waals surface area contributed by atoms with E-state index in [4.69, 9.17) is 9.05 Å². The van der Waals surface area contributed by atoms with Crippen molar-refractivity contribution < 1.29 is 26.6 Å². The van der Waals surface area contributed by atoms with Crippen molar-refractivity contribution >= 4 is 91.0 Å². The zero-order valence-electron chi connectivity index (χ0n) is 42.3. The average Bonchev–Trinajstić information content (AvgIpc) is 3.49. The van der Waals surface area contributed by atoms with E-state index in [-0.39, 0.29) is 47.5 Å². The first-order valence-electron chi connectivity index (χ1n) is 25.0. The second-order valence-corrected chi connectivity index (χ2v) is 24.3. The van der Waals surface area contributed by atoms with Crippen molar-refractivity contribution in [3.63, 3.8) is 0 Å². The minimum absolute atomic E-state index is 0.0331. The van der Waals surface area contributed by atoms with Crippen molar-refractivity contribution in [2.45, 2.75) is 9.79 Å². The Morgan fingerprint density at radius 1 is 0.338 bits per heavy atom. The zero-order chi connectivity index (χ0) is 53.6. The molecule has 0 unspecified atom stereocenters. The van der Waals surface area contributed by atoms with Crippen LogP contribution in [0.4, 0.5) is 22.7 Å². The molecule has 0 saturated heterocycles. The van der Waals surface area contributed by atoms with Gasteiger partial charge in [-0.25, -0.2) is 17.5 Å². The normalized spacial score (nSPS) is 11.7. The van der Waals surface area contributed by atoms with Gasteiger partial charge in [-0.1, -0.05) is 170 Å². The highest BCUT2D eigenvalue weighted by molar-refractivity contribution is 7.91. The van der Waals surface area contributed by atoms with Crippen LogP contribution >= 0.6 is 15.3 Å². The molecule has 10 nitrogen and oxygen atoms in total. The van der Waals surface area contributed by atoms with E-state index in [9.17, 15) is 8.42 Å². The third kappa shape index (κ3) is 10.0. The molecule has 0 fully saturated rings. The Balaban J connectivity index is 1.02. The molecule has 0 aliphatic carbocycles. The van der Waals surface area contributed by atoms with Gasteiger partial charge in [-0.3, -0.25) is 18.7 Å². The fraction of sp³-hybridized carbons (Fsp3) is 0.0625. The van der Waals surface area contributed by atoms with Gasteiger partial charge in [0.1, 0.15) is 11.5 Å². The van der Waals surface area contributed by atoms with Crippen molar-refractivity contribution in [2.24, 2.45) is 0 Å². The molecule has 0 atom stereocenters. The lowest BCUT2D eigenvalue weighted by molar-refractivity contribution is 0.473. The van der Waals surface area contributed by atoms with Crippen LogP contribution in [0.25, 0.3) is 43.1 Å². The Morgan fingerprint density at radius 3 is 0.818 bits per heavy atom. The lowest BCUT2D eigenvalue weighted by Gasteiger charge is -2.40. The number of hydrogen-bond donors (Lipinski definition) is 0. The standard InChI is InChI=1S/C64H56N4O6P2S/c1-5-45-65(61-33-17-25-49-21-9-13-29-57(49)61)75(69,66(46-6-2)62-34-18-26-50-22-10-14-30-58(50)62)73-53-37-41-55(42-38-53)77(71,72)56-43-39-54(40-44-56)74-76(70,67(47-7-3)63-35-19-27-51-23-11-15-31-59(51)63)68(48-8-4)64-36-20-28-52-24-12-16-32-60(52)64/h5-44H,1-4,45-48H2. The van der Waals surface area contributed by atoms with E-state index in [0.29, 0.717) is 22.7 Å². The lowest BCUT2D eigenvalue weighted by Crippen LogP contribution is -2.35. The van der Waals surface area contributed by atoms with Crippen LogP contribution in [-0.2, 0) is 19.0 Å². The van der Waals surface area contributed by atoms with Crippen LogP contribution in [0.2, 0.25) is 0 Å². The first-order valence-corrected chi connectivity index (χ1v) is 29.6. The molecule has 0 aromatic heterocycles. The first-order chi connectivity index (χ1) is 37.5. The smallest absolute Gasteiger partial charge is 0.414 e. The van der Waals surface area contributed by atoms with Gasteiger partial charge < -0.3 is 9.05 Å². The second-order valence-electron chi connectivity index (χ2n) is 18.1. The Kier molecular flexibility index (Phi) is 15.0. The van der Waals surface area contributed by atoms with Crippen molar-refractivity contribution in [3.8, 4) is 11.5 Å². The highest BCUT2D eigenvalue weighted by Gasteiger charge is 2.44. The molecule has 384 valence electrons. The molecule has 0 aliphatic rings. The van der Waals surface area contributed by atoms with E-state index in [1.54, 1.807) is 43.0 Å². The molecule has 0 bridgehead atoms. The minimum Gasteiger partial charge on any atom is -0.414 e. The predicted octanol–water partition coefficient (Wildman–Crippen LogP) is 16.9. The van der Waals surface area contributed by atoms with E-state index in [2.05, 4.69) is 26.3 Å². The van der Waals surface area contributed by atoms with Gasteiger partial charge >= 0.3 is 15.3 Å². The van der Waals surface area contributed by atoms with E-state index < -0.39 is 25.2 Å².